The first-order chi connectivity index (χ1) is 6.24. The second-order valence-electron chi connectivity index (χ2n) is 4.50. The van der Waals surface area contributed by atoms with Gasteiger partial charge in [-0.15, -0.1) is 0 Å². The van der Waals surface area contributed by atoms with Crippen molar-refractivity contribution in [3.05, 3.63) is 0 Å². The van der Waals surface area contributed by atoms with E-state index >= 15 is 0 Å². The summed E-state index contributed by atoms with van der Waals surface area (Å²) in [6.45, 7) is 3.76. The van der Waals surface area contributed by atoms with Gasteiger partial charge >= 0.3 is 0 Å². The summed E-state index contributed by atoms with van der Waals surface area (Å²) in [6, 6.07) is 0.473. The Kier molecular flexibility index (Phi) is 2.86. The molecular formula is C10H20N2S. The van der Waals surface area contributed by atoms with Gasteiger partial charge in [0.25, 0.3) is 0 Å². The molecular weight excluding hydrogens is 180 g/mol. The topological polar surface area (TPSA) is 29.3 Å². The molecule has 0 aromatic rings. The van der Waals surface area contributed by atoms with Crippen molar-refractivity contribution in [3.8, 4) is 0 Å². The molecule has 1 heterocycles. The van der Waals surface area contributed by atoms with Crippen molar-refractivity contribution < 1.29 is 0 Å². The molecule has 2 nitrogen and oxygen atoms in total. The largest absolute Gasteiger partial charge is 0.328 e. The monoisotopic (exact) mass is 200 g/mol. The number of hydrogen-bond donors (Lipinski definition) is 1. The number of nitrogens with zero attached hydrogens (tertiary/aromatic N) is 1. The maximum absolute atomic E-state index is 5.88. The lowest BCUT2D eigenvalue weighted by atomic mass is 10.1. The minimum absolute atomic E-state index is 0.473. The van der Waals surface area contributed by atoms with E-state index in [-0.39, 0.29) is 0 Å². The molecule has 1 aliphatic carbocycles. The maximum Gasteiger partial charge on any atom is 0.0285 e. The molecule has 1 aliphatic heterocycles. The Morgan fingerprint density at radius 2 is 2.00 bits per heavy atom. The smallest absolute Gasteiger partial charge is 0.0285 e. The number of rotatable bonds is 3. The molecule has 2 rings (SSSR count). The van der Waals surface area contributed by atoms with Gasteiger partial charge in [-0.1, -0.05) is 0 Å². The molecule has 0 unspecified atom stereocenters. The van der Waals surface area contributed by atoms with Gasteiger partial charge in [0, 0.05) is 17.3 Å². The molecule has 13 heavy (non-hydrogen) atoms. The van der Waals surface area contributed by atoms with E-state index in [2.05, 4.69) is 22.9 Å². The van der Waals surface area contributed by atoms with Crippen molar-refractivity contribution in [1.29, 1.82) is 0 Å². The fourth-order valence-electron chi connectivity index (χ4n) is 2.08. The number of piperidine rings is 1. The predicted molar refractivity (Wildman–Crippen MR) is 59.1 cm³/mol. The van der Waals surface area contributed by atoms with E-state index in [1.165, 1.54) is 45.3 Å². The Morgan fingerprint density at radius 3 is 2.46 bits per heavy atom. The van der Waals surface area contributed by atoms with E-state index in [9.17, 15) is 0 Å². The molecule has 2 fully saturated rings. The normalized spacial score (nSPS) is 29.1. The standard InChI is InChI=1S/C10H20N2S/c1-13-10(4-5-10)8-12-6-2-9(11)3-7-12/h9H,2-8,11H2,1H3. The Bertz CT molecular complexity index is 172. The van der Waals surface area contributed by atoms with Gasteiger partial charge in [0.2, 0.25) is 0 Å². The van der Waals surface area contributed by atoms with Crippen molar-refractivity contribution in [2.75, 3.05) is 25.9 Å². The van der Waals surface area contributed by atoms with Crippen LogP contribution in [-0.2, 0) is 0 Å². The molecule has 0 radical (unpaired) electrons. The lowest BCUT2D eigenvalue weighted by Gasteiger charge is -2.32. The molecule has 1 saturated carbocycles. The zero-order valence-electron chi connectivity index (χ0n) is 8.46. The highest BCUT2D eigenvalue weighted by Crippen LogP contribution is 2.47. The van der Waals surface area contributed by atoms with Crippen LogP contribution in [0.25, 0.3) is 0 Å². The molecule has 2 N–H and O–H groups in total. The number of likely N-dealkylation sites (tertiary alicyclic amines) is 1. The van der Waals surface area contributed by atoms with Crippen molar-refractivity contribution in [2.45, 2.75) is 36.5 Å². The highest BCUT2D eigenvalue weighted by Gasteiger charge is 2.43. The lowest BCUT2D eigenvalue weighted by molar-refractivity contribution is 0.211. The molecule has 0 aromatic heterocycles. The lowest BCUT2D eigenvalue weighted by Crippen LogP contribution is -2.42. The van der Waals surface area contributed by atoms with Crippen LogP contribution in [0.1, 0.15) is 25.7 Å². The highest BCUT2D eigenvalue weighted by atomic mass is 32.2. The Morgan fingerprint density at radius 1 is 1.38 bits per heavy atom. The first-order valence-corrected chi connectivity index (χ1v) is 6.50. The van der Waals surface area contributed by atoms with Gasteiger partial charge in [-0.2, -0.15) is 11.8 Å². The molecule has 0 spiro atoms. The molecule has 1 saturated heterocycles. The summed E-state index contributed by atoms with van der Waals surface area (Å²) in [5, 5.41) is 0. The minimum Gasteiger partial charge on any atom is -0.328 e. The average molecular weight is 200 g/mol. The first kappa shape index (κ1) is 9.81. The molecule has 0 atom stereocenters. The van der Waals surface area contributed by atoms with Gasteiger partial charge in [0.1, 0.15) is 0 Å². The second-order valence-corrected chi connectivity index (χ2v) is 5.77. The number of nitrogens with two attached hydrogens (primary N) is 1. The summed E-state index contributed by atoms with van der Waals surface area (Å²) in [7, 11) is 0. The van der Waals surface area contributed by atoms with Crippen LogP contribution in [0.3, 0.4) is 0 Å². The molecule has 2 aliphatic rings. The molecule has 76 valence electrons. The van der Waals surface area contributed by atoms with Crippen LogP contribution in [0.5, 0.6) is 0 Å². The third-order valence-electron chi connectivity index (χ3n) is 3.38. The van der Waals surface area contributed by atoms with Gasteiger partial charge in [0.15, 0.2) is 0 Å². The van der Waals surface area contributed by atoms with Crippen molar-refractivity contribution in [2.24, 2.45) is 5.73 Å². The Balaban J connectivity index is 1.76. The van der Waals surface area contributed by atoms with Crippen LogP contribution < -0.4 is 5.73 Å². The quantitative estimate of drug-likeness (QED) is 0.745. The zero-order valence-corrected chi connectivity index (χ0v) is 9.28. The van der Waals surface area contributed by atoms with Crippen molar-refractivity contribution >= 4 is 11.8 Å². The van der Waals surface area contributed by atoms with Gasteiger partial charge in [-0.25, -0.2) is 0 Å². The van der Waals surface area contributed by atoms with Crippen LogP contribution in [0.15, 0.2) is 0 Å². The molecule has 0 aromatic carbocycles. The van der Waals surface area contributed by atoms with E-state index in [1.807, 2.05) is 0 Å². The minimum atomic E-state index is 0.473. The van der Waals surface area contributed by atoms with E-state index in [0.29, 0.717) is 10.8 Å². The van der Waals surface area contributed by atoms with Crippen molar-refractivity contribution in [3.63, 3.8) is 0 Å². The maximum atomic E-state index is 5.88. The van der Waals surface area contributed by atoms with Gasteiger partial charge in [0.05, 0.1) is 0 Å². The zero-order chi connectivity index (χ0) is 9.31. The highest BCUT2D eigenvalue weighted by molar-refractivity contribution is 8.00. The van der Waals surface area contributed by atoms with Gasteiger partial charge in [-0.05, 0) is 45.0 Å². The summed E-state index contributed by atoms with van der Waals surface area (Å²) in [5.41, 5.74) is 5.88. The van der Waals surface area contributed by atoms with E-state index in [1.54, 1.807) is 0 Å². The SMILES string of the molecule is CSC1(CN2CCC(N)CC2)CC1. The summed E-state index contributed by atoms with van der Waals surface area (Å²) >= 11 is 2.06. The van der Waals surface area contributed by atoms with Crippen LogP contribution >= 0.6 is 11.8 Å². The van der Waals surface area contributed by atoms with Crippen LogP contribution in [-0.4, -0.2) is 41.6 Å². The van der Waals surface area contributed by atoms with E-state index < -0.39 is 0 Å². The second kappa shape index (κ2) is 3.79. The van der Waals surface area contributed by atoms with Gasteiger partial charge in [-0.3, -0.25) is 0 Å². The predicted octanol–water partition coefficient (Wildman–Crippen LogP) is 1.31. The van der Waals surface area contributed by atoms with Crippen LogP contribution in [0.2, 0.25) is 0 Å². The fraction of sp³-hybridized carbons (Fsp3) is 1.00. The summed E-state index contributed by atoms with van der Waals surface area (Å²) < 4.78 is 0.640. The third-order valence-corrected chi connectivity index (χ3v) is 4.79. The number of thioether (sulfide) groups is 1. The number of hydrogen-bond acceptors (Lipinski definition) is 3. The van der Waals surface area contributed by atoms with Crippen LogP contribution in [0, 0.1) is 0 Å². The van der Waals surface area contributed by atoms with Gasteiger partial charge < -0.3 is 10.6 Å². The Labute approximate surface area is 85.2 Å². The van der Waals surface area contributed by atoms with Crippen molar-refractivity contribution in [1.82, 2.24) is 4.90 Å². The Hall–Kier alpha value is 0.270. The van der Waals surface area contributed by atoms with E-state index in [0.717, 1.165) is 0 Å². The molecule has 0 bridgehead atoms. The fourth-order valence-corrected chi connectivity index (χ4v) is 2.91. The summed E-state index contributed by atoms with van der Waals surface area (Å²) in [4.78, 5) is 2.60. The first-order valence-electron chi connectivity index (χ1n) is 5.27. The summed E-state index contributed by atoms with van der Waals surface area (Å²) in [5.74, 6) is 0. The van der Waals surface area contributed by atoms with E-state index in [4.69, 9.17) is 5.73 Å². The average Bonchev–Trinajstić information content (AvgIpc) is 2.90. The summed E-state index contributed by atoms with van der Waals surface area (Å²) in [6.07, 6.45) is 7.51. The van der Waals surface area contributed by atoms with Crippen LogP contribution in [0.4, 0.5) is 0 Å². The molecule has 0 amide bonds. The third kappa shape index (κ3) is 2.39. The molecule has 3 heteroatoms.